The van der Waals surface area contributed by atoms with Crippen LogP contribution in [0.1, 0.15) is 37.8 Å². The molecule has 0 saturated carbocycles. The van der Waals surface area contributed by atoms with E-state index in [2.05, 4.69) is 25.7 Å². The van der Waals surface area contributed by atoms with Crippen molar-refractivity contribution in [1.29, 1.82) is 0 Å². The second kappa shape index (κ2) is 8.74. The van der Waals surface area contributed by atoms with Gasteiger partial charge in [-0.2, -0.15) is 0 Å². The second-order valence-electron chi connectivity index (χ2n) is 4.67. The fraction of sp³-hybridized carbons (Fsp3) is 0.500. The van der Waals surface area contributed by atoms with Gasteiger partial charge in [0.1, 0.15) is 0 Å². The fourth-order valence-electron chi connectivity index (χ4n) is 1.48. The molecule has 0 aliphatic heterocycles. The summed E-state index contributed by atoms with van der Waals surface area (Å²) >= 11 is 0. The van der Waals surface area contributed by atoms with Gasteiger partial charge in [-0.25, -0.2) is 0 Å². The van der Waals surface area contributed by atoms with Crippen molar-refractivity contribution in [1.82, 2.24) is 0 Å². The molecule has 0 saturated heterocycles. The van der Waals surface area contributed by atoms with Gasteiger partial charge in [-0.15, -0.1) is 0 Å². The maximum atomic E-state index is 8.71. The molecule has 0 aromatic heterocycles. The van der Waals surface area contributed by atoms with E-state index in [1.807, 2.05) is 24.3 Å². The zero-order chi connectivity index (χ0) is 13.2. The third-order valence-electron chi connectivity index (χ3n) is 2.57. The quantitative estimate of drug-likeness (QED) is 0.617. The summed E-state index contributed by atoms with van der Waals surface area (Å²) in [5.74, 6) is 6.69. The van der Waals surface area contributed by atoms with Crippen molar-refractivity contribution in [3.05, 3.63) is 35.4 Å². The number of aliphatic hydroxyl groups excluding tert-OH is 1. The molecule has 0 bridgehead atoms. The lowest BCUT2D eigenvalue weighted by Crippen LogP contribution is -2.00. The van der Waals surface area contributed by atoms with Crippen LogP contribution in [-0.4, -0.2) is 18.3 Å². The van der Waals surface area contributed by atoms with Crippen LogP contribution in [0.2, 0.25) is 0 Å². The maximum Gasteiger partial charge on any atom is 0.0728 e. The molecule has 0 amide bonds. The van der Waals surface area contributed by atoms with Crippen LogP contribution in [0.3, 0.4) is 0 Å². The number of ether oxygens (including phenoxy) is 1. The van der Waals surface area contributed by atoms with E-state index in [4.69, 9.17) is 9.84 Å². The Labute approximate surface area is 110 Å². The normalized spacial score (nSPS) is 10.2. The van der Waals surface area contributed by atoms with Gasteiger partial charge in [0.25, 0.3) is 0 Å². The van der Waals surface area contributed by atoms with Crippen molar-refractivity contribution in [2.24, 2.45) is 5.92 Å². The first-order valence-electron chi connectivity index (χ1n) is 6.49. The summed E-state index contributed by atoms with van der Waals surface area (Å²) in [6, 6.07) is 8.00. The topological polar surface area (TPSA) is 29.5 Å². The van der Waals surface area contributed by atoms with Gasteiger partial charge in [-0.05, 0) is 24.0 Å². The lowest BCUT2D eigenvalue weighted by Gasteiger charge is -2.08. The molecule has 0 spiro atoms. The minimum absolute atomic E-state index is 0.111. The molecule has 1 aromatic rings. The number of hydrogen-bond donors (Lipinski definition) is 1. The first-order valence-corrected chi connectivity index (χ1v) is 6.49. The molecule has 0 atom stereocenters. The van der Waals surface area contributed by atoms with Crippen molar-refractivity contribution >= 4 is 0 Å². The molecule has 1 rings (SSSR count). The summed E-state index contributed by atoms with van der Waals surface area (Å²) in [5, 5.41) is 8.71. The van der Waals surface area contributed by atoms with Gasteiger partial charge in [-0.3, -0.25) is 0 Å². The van der Waals surface area contributed by atoms with E-state index in [1.54, 1.807) is 0 Å². The van der Waals surface area contributed by atoms with Crippen LogP contribution in [-0.2, 0) is 11.3 Å². The summed E-state index contributed by atoms with van der Waals surface area (Å²) < 4.78 is 5.66. The zero-order valence-electron chi connectivity index (χ0n) is 11.3. The average molecular weight is 246 g/mol. The Balaban J connectivity index is 2.52. The van der Waals surface area contributed by atoms with Gasteiger partial charge in [0.15, 0.2) is 0 Å². The molecule has 2 heteroatoms. The Kier molecular flexibility index (Phi) is 7.17. The number of aliphatic hydroxyl groups is 1. The average Bonchev–Trinajstić information content (AvgIpc) is 2.36. The fourth-order valence-corrected chi connectivity index (χ4v) is 1.48. The molecule has 0 unspecified atom stereocenters. The predicted molar refractivity (Wildman–Crippen MR) is 74.1 cm³/mol. The maximum absolute atomic E-state index is 8.71. The Morgan fingerprint density at radius 1 is 1.28 bits per heavy atom. The lowest BCUT2D eigenvalue weighted by atomic mass is 10.1. The van der Waals surface area contributed by atoms with Gasteiger partial charge >= 0.3 is 0 Å². The predicted octanol–water partition coefficient (Wildman–Crippen LogP) is 2.98. The van der Waals surface area contributed by atoms with Crippen molar-refractivity contribution in [2.45, 2.75) is 33.3 Å². The highest BCUT2D eigenvalue weighted by molar-refractivity contribution is 5.40. The highest BCUT2D eigenvalue weighted by atomic mass is 16.5. The van der Waals surface area contributed by atoms with E-state index in [0.717, 1.165) is 24.2 Å². The van der Waals surface area contributed by atoms with E-state index in [0.29, 0.717) is 18.9 Å². The van der Waals surface area contributed by atoms with Gasteiger partial charge in [0.05, 0.1) is 13.2 Å². The number of benzene rings is 1. The Hall–Kier alpha value is -1.30. The molecule has 2 nitrogen and oxygen atoms in total. The summed E-state index contributed by atoms with van der Waals surface area (Å²) in [7, 11) is 0. The third kappa shape index (κ3) is 5.86. The van der Waals surface area contributed by atoms with Crippen LogP contribution in [0.15, 0.2) is 24.3 Å². The van der Waals surface area contributed by atoms with Gasteiger partial charge in [0.2, 0.25) is 0 Å². The van der Waals surface area contributed by atoms with E-state index in [9.17, 15) is 0 Å². The first kappa shape index (κ1) is 14.8. The molecule has 0 aliphatic rings. The molecule has 1 N–H and O–H groups in total. The zero-order valence-corrected chi connectivity index (χ0v) is 11.3. The van der Waals surface area contributed by atoms with E-state index < -0.39 is 0 Å². The largest absolute Gasteiger partial charge is 0.395 e. The van der Waals surface area contributed by atoms with Gasteiger partial charge in [-0.1, -0.05) is 43.9 Å². The number of hydrogen-bond acceptors (Lipinski definition) is 2. The summed E-state index contributed by atoms with van der Waals surface area (Å²) in [4.78, 5) is 0. The van der Waals surface area contributed by atoms with Crippen LogP contribution < -0.4 is 0 Å². The van der Waals surface area contributed by atoms with Gasteiger partial charge < -0.3 is 9.84 Å². The third-order valence-corrected chi connectivity index (χ3v) is 2.57. The molecule has 0 radical (unpaired) electrons. The smallest absolute Gasteiger partial charge is 0.0728 e. The Morgan fingerprint density at radius 2 is 2.06 bits per heavy atom. The highest BCUT2D eigenvalue weighted by Crippen LogP contribution is 2.10. The molecule has 1 aromatic carbocycles. The minimum Gasteiger partial charge on any atom is -0.395 e. The molecule has 0 aliphatic carbocycles. The van der Waals surface area contributed by atoms with Crippen molar-refractivity contribution in [2.75, 3.05) is 13.2 Å². The monoisotopic (exact) mass is 246 g/mol. The van der Waals surface area contributed by atoms with Gasteiger partial charge in [0, 0.05) is 18.6 Å². The van der Waals surface area contributed by atoms with E-state index >= 15 is 0 Å². The summed E-state index contributed by atoms with van der Waals surface area (Å²) in [6.07, 6.45) is 1.60. The van der Waals surface area contributed by atoms with Crippen LogP contribution in [0.4, 0.5) is 0 Å². The highest BCUT2D eigenvalue weighted by Gasteiger charge is 2.00. The van der Waals surface area contributed by atoms with Crippen molar-refractivity contribution in [3.63, 3.8) is 0 Å². The summed E-state index contributed by atoms with van der Waals surface area (Å²) in [5.41, 5.74) is 2.11. The van der Waals surface area contributed by atoms with Crippen LogP contribution >= 0.6 is 0 Å². The number of rotatable bonds is 6. The molecule has 98 valence electrons. The van der Waals surface area contributed by atoms with Crippen LogP contribution in [0.5, 0.6) is 0 Å². The molecular formula is C16H22O2. The minimum atomic E-state index is 0.111. The van der Waals surface area contributed by atoms with Crippen molar-refractivity contribution in [3.8, 4) is 11.8 Å². The first-order chi connectivity index (χ1) is 8.74. The Bertz CT molecular complexity index is 399. The standard InChI is InChI=1S/C16H22O2/c1-14(2)10-12-18-13-16-9-4-3-7-15(16)8-5-6-11-17/h3-4,7,9,14,17H,6,10-13H2,1-2H3. The molecule has 0 heterocycles. The molecule has 18 heavy (non-hydrogen) atoms. The van der Waals surface area contributed by atoms with Crippen molar-refractivity contribution < 1.29 is 9.84 Å². The van der Waals surface area contributed by atoms with E-state index in [-0.39, 0.29) is 6.61 Å². The van der Waals surface area contributed by atoms with Crippen LogP contribution in [0, 0.1) is 17.8 Å². The summed E-state index contributed by atoms with van der Waals surface area (Å²) in [6.45, 7) is 5.89. The second-order valence-corrected chi connectivity index (χ2v) is 4.67. The molecular weight excluding hydrogens is 224 g/mol. The molecule has 0 fully saturated rings. The SMILES string of the molecule is CC(C)CCOCc1ccccc1C#CCCO. The van der Waals surface area contributed by atoms with Crippen LogP contribution in [0.25, 0.3) is 0 Å². The lowest BCUT2D eigenvalue weighted by molar-refractivity contribution is 0.110. The Morgan fingerprint density at radius 3 is 2.78 bits per heavy atom. The van der Waals surface area contributed by atoms with E-state index in [1.165, 1.54) is 0 Å².